The van der Waals surface area contributed by atoms with Crippen LogP contribution in [0.15, 0.2) is 23.2 Å². The predicted molar refractivity (Wildman–Crippen MR) is 120 cm³/mol. The second-order valence-corrected chi connectivity index (χ2v) is 7.15. The van der Waals surface area contributed by atoms with Crippen LogP contribution in [0.3, 0.4) is 0 Å². The molecule has 0 spiro atoms. The van der Waals surface area contributed by atoms with E-state index in [9.17, 15) is 13.2 Å². The molecule has 1 aliphatic rings. The smallest absolute Gasteiger partial charge is 0.378 e. The van der Waals surface area contributed by atoms with Crippen molar-refractivity contribution in [3.8, 4) is 0 Å². The van der Waals surface area contributed by atoms with E-state index < -0.39 is 12.2 Å². The number of rotatable bonds is 4. The summed E-state index contributed by atoms with van der Waals surface area (Å²) in [6.07, 6.45) is -4.18. The van der Waals surface area contributed by atoms with Crippen molar-refractivity contribution in [1.82, 2.24) is 15.1 Å². The van der Waals surface area contributed by atoms with Crippen molar-refractivity contribution in [3.05, 3.63) is 29.3 Å². The van der Waals surface area contributed by atoms with Gasteiger partial charge in [0, 0.05) is 59.6 Å². The molecule has 28 heavy (non-hydrogen) atoms. The van der Waals surface area contributed by atoms with Gasteiger partial charge in [0.2, 0.25) is 0 Å². The van der Waals surface area contributed by atoms with Crippen molar-refractivity contribution in [2.24, 2.45) is 4.99 Å². The summed E-state index contributed by atoms with van der Waals surface area (Å²) in [6, 6.07) is 4.89. The maximum absolute atomic E-state index is 12.9. The number of hydrogen-bond acceptors (Lipinski definition) is 3. The first kappa shape index (κ1) is 24.8. The molecule has 1 fully saturated rings. The lowest BCUT2D eigenvalue weighted by Gasteiger charge is -2.39. The van der Waals surface area contributed by atoms with E-state index in [4.69, 9.17) is 0 Å². The molecule has 1 aromatic carbocycles. The van der Waals surface area contributed by atoms with E-state index in [1.54, 1.807) is 7.05 Å². The normalized spacial score (nSPS) is 17.1. The van der Waals surface area contributed by atoms with Crippen LogP contribution in [-0.2, 0) is 6.54 Å². The lowest BCUT2D eigenvalue weighted by molar-refractivity contribution is -0.181. The van der Waals surface area contributed by atoms with E-state index in [-0.39, 0.29) is 24.0 Å². The average molecular weight is 513 g/mol. The Balaban J connectivity index is 0.00000392. The van der Waals surface area contributed by atoms with Crippen LogP contribution in [0.5, 0.6) is 0 Å². The molecule has 0 radical (unpaired) electrons. The molecule has 1 atom stereocenters. The van der Waals surface area contributed by atoms with Crippen LogP contribution in [0.2, 0.25) is 0 Å². The van der Waals surface area contributed by atoms with Crippen molar-refractivity contribution in [2.75, 3.05) is 52.2 Å². The minimum absolute atomic E-state index is 0. The third-order valence-electron chi connectivity index (χ3n) is 5.13. The topological polar surface area (TPSA) is 34.1 Å². The number of piperazine rings is 1. The van der Waals surface area contributed by atoms with Crippen molar-refractivity contribution in [1.29, 1.82) is 0 Å². The molecule has 1 N–H and O–H groups in total. The van der Waals surface area contributed by atoms with Gasteiger partial charge in [0.1, 0.15) is 6.04 Å². The standard InChI is InChI=1S/C19H30F3N5.HI/c1-14-12-17(25(4)5)7-6-16(14)13-24-18(23-3)27-10-8-26(9-11-27)15(2)19(20,21)22;/h6-7,12,15H,8-11,13H2,1-5H3,(H,23,24);1H. The predicted octanol–water partition coefficient (Wildman–Crippen LogP) is 3.32. The first-order valence-electron chi connectivity index (χ1n) is 9.16. The number of halogens is 4. The number of aliphatic imine (C=N–C) groups is 1. The fraction of sp³-hybridized carbons (Fsp3) is 0.632. The number of benzene rings is 1. The molecular formula is C19H31F3IN5. The van der Waals surface area contributed by atoms with Crippen LogP contribution in [0, 0.1) is 6.92 Å². The molecular weight excluding hydrogens is 482 g/mol. The van der Waals surface area contributed by atoms with Crippen LogP contribution in [0.4, 0.5) is 18.9 Å². The number of nitrogens with one attached hydrogen (secondary N) is 1. The Kier molecular flexibility index (Phi) is 9.32. The molecule has 1 aromatic rings. The number of aryl methyl sites for hydroxylation is 1. The summed E-state index contributed by atoms with van der Waals surface area (Å²) in [6.45, 7) is 5.73. The molecule has 0 aliphatic carbocycles. The molecule has 0 saturated carbocycles. The molecule has 1 aliphatic heterocycles. The summed E-state index contributed by atoms with van der Waals surface area (Å²) in [5.41, 5.74) is 3.51. The zero-order valence-corrected chi connectivity index (χ0v) is 19.5. The molecule has 0 aromatic heterocycles. The van der Waals surface area contributed by atoms with Crippen molar-refractivity contribution >= 4 is 35.6 Å². The third kappa shape index (κ3) is 6.40. The minimum Gasteiger partial charge on any atom is -0.378 e. The van der Waals surface area contributed by atoms with Crippen molar-refractivity contribution in [3.63, 3.8) is 0 Å². The van der Waals surface area contributed by atoms with E-state index in [1.807, 2.05) is 19.0 Å². The van der Waals surface area contributed by atoms with Crippen LogP contribution in [0.1, 0.15) is 18.1 Å². The molecule has 0 amide bonds. The third-order valence-corrected chi connectivity index (χ3v) is 5.13. The number of nitrogens with zero attached hydrogens (tertiary/aromatic N) is 4. The van der Waals surface area contributed by atoms with Gasteiger partial charge in [0.15, 0.2) is 5.96 Å². The van der Waals surface area contributed by atoms with Gasteiger partial charge in [-0.3, -0.25) is 9.89 Å². The molecule has 1 saturated heterocycles. The summed E-state index contributed by atoms with van der Waals surface area (Å²) in [5, 5.41) is 3.34. The van der Waals surface area contributed by atoms with Gasteiger partial charge in [0.05, 0.1) is 0 Å². The quantitative estimate of drug-likeness (QED) is 0.381. The summed E-state index contributed by atoms with van der Waals surface area (Å²) in [4.78, 5) is 9.86. The maximum Gasteiger partial charge on any atom is 0.403 e. The number of hydrogen-bond donors (Lipinski definition) is 1. The van der Waals surface area contributed by atoms with Gasteiger partial charge >= 0.3 is 6.18 Å². The van der Waals surface area contributed by atoms with E-state index >= 15 is 0 Å². The van der Waals surface area contributed by atoms with E-state index in [2.05, 4.69) is 40.3 Å². The Labute approximate surface area is 183 Å². The monoisotopic (exact) mass is 513 g/mol. The molecule has 2 rings (SSSR count). The summed E-state index contributed by atoms with van der Waals surface area (Å²) in [5.74, 6) is 0.727. The van der Waals surface area contributed by atoms with Gasteiger partial charge in [-0.1, -0.05) is 6.07 Å². The Bertz CT molecular complexity index is 655. The maximum atomic E-state index is 12.9. The molecule has 160 valence electrons. The van der Waals surface area contributed by atoms with Crippen LogP contribution < -0.4 is 10.2 Å². The molecule has 9 heteroatoms. The van der Waals surface area contributed by atoms with E-state index in [0.717, 1.165) is 11.6 Å². The lowest BCUT2D eigenvalue weighted by Crippen LogP contribution is -2.56. The van der Waals surface area contributed by atoms with Gasteiger partial charge in [-0.15, -0.1) is 24.0 Å². The number of anilines is 1. The molecule has 1 heterocycles. The van der Waals surface area contributed by atoms with Crippen molar-refractivity contribution in [2.45, 2.75) is 32.6 Å². The van der Waals surface area contributed by atoms with Gasteiger partial charge < -0.3 is 15.1 Å². The fourth-order valence-corrected chi connectivity index (χ4v) is 3.19. The zero-order chi connectivity index (χ0) is 20.2. The second kappa shape index (κ2) is 10.5. The Morgan fingerprint density at radius 3 is 2.29 bits per heavy atom. The Hall–Kier alpha value is -1.23. The molecule has 0 bridgehead atoms. The summed E-state index contributed by atoms with van der Waals surface area (Å²) < 4.78 is 38.7. The highest BCUT2D eigenvalue weighted by molar-refractivity contribution is 14.0. The van der Waals surface area contributed by atoms with Gasteiger partial charge in [0.25, 0.3) is 0 Å². The highest BCUT2D eigenvalue weighted by atomic mass is 127. The minimum atomic E-state index is -4.18. The van der Waals surface area contributed by atoms with Gasteiger partial charge in [-0.05, 0) is 37.1 Å². The second-order valence-electron chi connectivity index (χ2n) is 7.15. The van der Waals surface area contributed by atoms with E-state index in [0.29, 0.717) is 32.7 Å². The zero-order valence-electron chi connectivity index (χ0n) is 17.2. The van der Waals surface area contributed by atoms with Crippen LogP contribution in [0.25, 0.3) is 0 Å². The SMILES string of the molecule is CN=C(NCc1ccc(N(C)C)cc1C)N1CCN(C(C)C(F)(F)F)CC1.I. The summed E-state index contributed by atoms with van der Waals surface area (Å²) in [7, 11) is 5.72. The van der Waals surface area contributed by atoms with Crippen LogP contribution in [-0.4, -0.2) is 75.3 Å². The molecule has 1 unspecified atom stereocenters. The highest BCUT2D eigenvalue weighted by Crippen LogP contribution is 2.25. The van der Waals surface area contributed by atoms with E-state index in [1.165, 1.54) is 23.0 Å². The average Bonchev–Trinajstić information content (AvgIpc) is 2.62. The van der Waals surface area contributed by atoms with Gasteiger partial charge in [-0.2, -0.15) is 13.2 Å². The van der Waals surface area contributed by atoms with Gasteiger partial charge in [-0.25, -0.2) is 0 Å². The highest BCUT2D eigenvalue weighted by Gasteiger charge is 2.41. The lowest BCUT2D eigenvalue weighted by atomic mass is 10.1. The Morgan fingerprint density at radius 1 is 1.21 bits per heavy atom. The number of guanidine groups is 1. The largest absolute Gasteiger partial charge is 0.403 e. The van der Waals surface area contributed by atoms with Crippen molar-refractivity contribution < 1.29 is 13.2 Å². The molecule has 5 nitrogen and oxygen atoms in total. The van der Waals surface area contributed by atoms with Crippen LogP contribution >= 0.6 is 24.0 Å². The first-order chi connectivity index (χ1) is 12.6. The first-order valence-corrected chi connectivity index (χ1v) is 9.16. The summed E-state index contributed by atoms with van der Waals surface area (Å²) >= 11 is 0. The number of alkyl halides is 3. The Morgan fingerprint density at radius 2 is 1.82 bits per heavy atom. The fourth-order valence-electron chi connectivity index (χ4n) is 3.19.